The van der Waals surface area contributed by atoms with Crippen molar-refractivity contribution in [3.63, 3.8) is 0 Å². The van der Waals surface area contributed by atoms with Crippen LogP contribution in [0.15, 0.2) is 29.2 Å². The number of hydrogen-bond acceptors (Lipinski definition) is 42. The lowest BCUT2D eigenvalue weighted by atomic mass is 9.94. The molecule has 0 aromatic heterocycles. The van der Waals surface area contributed by atoms with E-state index in [0.29, 0.717) is 5.56 Å². The van der Waals surface area contributed by atoms with Crippen LogP contribution in [0.25, 0.3) is 0 Å². The second kappa shape index (κ2) is 32.9. The number of aliphatic hydroxyl groups is 23. The van der Waals surface area contributed by atoms with Gasteiger partial charge in [-0.15, -0.1) is 0 Å². The molecule has 23 N–H and O–H groups in total. The third kappa shape index (κ3) is 15.6. The van der Waals surface area contributed by atoms with E-state index in [9.17, 15) is 126 Å². The van der Waals surface area contributed by atoms with Crippen molar-refractivity contribution in [3.8, 4) is 0 Å². The summed E-state index contributed by atoms with van der Waals surface area (Å²) < 4.78 is 126. The minimum atomic E-state index is -5.07. The monoisotopic (exact) mass is 1450 g/mol. The van der Waals surface area contributed by atoms with Crippen molar-refractivity contribution < 1.29 is 206 Å². The van der Waals surface area contributed by atoms with Crippen LogP contribution in [0.1, 0.15) is 5.56 Å². The molecule has 564 valence electrons. The first kappa shape index (κ1) is 78.2. The van der Waals surface area contributed by atoms with E-state index in [2.05, 4.69) is 0 Å². The summed E-state index contributed by atoms with van der Waals surface area (Å²) in [5.74, 6) is 0. The fourth-order valence-electron chi connectivity index (χ4n) is 12.9. The van der Waals surface area contributed by atoms with Gasteiger partial charge in [0.25, 0.3) is 10.1 Å². The van der Waals surface area contributed by atoms with Crippen LogP contribution < -0.4 is 0 Å². The number of ether oxygens (including phenoxy) is 16. The molecule has 21 heterocycles. The van der Waals surface area contributed by atoms with Gasteiger partial charge in [0.15, 0.2) is 56.4 Å². The molecule has 0 radical (unpaired) electrons. The molecule has 0 aliphatic carbocycles. The van der Waals surface area contributed by atoms with Crippen LogP contribution >= 0.6 is 0 Å². The zero-order valence-corrected chi connectivity index (χ0v) is 52.3. The predicted octanol–water partition coefficient (Wildman–Crippen LogP) is -15.7. The van der Waals surface area contributed by atoms with Gasteiger partial charge in [0, 0.05) is 0 Å². The molecule has 16 bridgehead atoms. The van der Waals surface area contributed by atoms with E-state index >= 15 is 0 Å². The summed E-state index contributed by atoms with van der Waals surface area (Å²) in [7, 11) is -5.07. The van der Waals surface area contributed by atoms with Gasteiger partial charge in [-0.2, -0.15) is 8.42 Å². The van der Waals surface area contributed by atoms with E-state index < -0.39 is 314 Å². The lowest BCUT2D eigenvalue weighted by Crippen LogP contribution is -2.69. The van der Waals surface area contributed by atoms with Gasteiger partial charge in [-0.05, 0) is 19.1 Å². The van der Waals surface area contributed by atoms with Crippen molar-refractivity contribution in [3.05, 3.63) is 29.8 Å². The zero-order chi connectivity index (χ0) is 71.3. The van der Waals surface area contributed by atoms with Gasteiger partial charge in [-0.25, -0.2) is 0 Å². The van der Waals surface area contributed by atoms with Crippen LogP contribution in [0.5, 0.6) is 0 Å². The molecule has 22 rings (SSSR count). The van der Waals surface area contributed by atoms with E-state index in [1.54, 1.807) is 6.92 Å². The smallest absolute Gasteiger partial charge is 0.297 e. The van der Waals surface area contributed by atoms with Crippen LogP contribution in [0.2, 0.25) is 0 Å². The quantitative estimate of drug-likeness (QED) is 0.0915. The van der Waals surface area contributed by atoms with E-state index in [0.717, 1.165) is 12.1 Å². The van der Waals surface area contributed by atoms with Gasteiger partial charge < -0.3 is 193 Å². The standard InChI is InChI=1S/C55H86O42S/c1-14-2-4-15(5-3-14)98(79,80)97-47-38(78)46-23(13-63)88-55(47)96-45-22(12-62)87-53(37(77)30(45)70)94-43-20(10-60)85-51(35(75)28(43)68)92-41-18(8-58)83-49(33(73)26(41)66)90-39-16(6-56)81-48(31(71)24(39)64)89-40-17(7-57)82-50(32(72)25(40)65)91-42-19(9-59)84-52(34(74)27(42)67)93-44-21(11-61)86-54(95-46)36(76)29(44)69/h2-5,16-78H,6-13H2,1H3/t16-,17-,18-,19-,20-,21-,22?,23-,24-,25-,26-,27-,28-,29-,30-,31-,32-,33-,34-,35-,36-,37-,38+,39-,40-,41-,42-,43-,44-,45-,46-,47?,48-,49-,50-,51-,52-,53-,54-,55-/m1/s1. The summed E-state index contributed by atoms with van der Waals surface area (Å²) in [6.07, 6.45) is -85.2. The molecular weight excluding hydrogens is 1360 g/mol. The molecule has 43 heteroatoms. The third-order valence-electron chi connectivity index (χ3n) is 18.4. The summed E-state index contributed by atoms with van der Waals surface area (Å²) in [6.45, 7) is -7.46. The predicted molar refractivity (Wildman–Crippen MR) is 298 cm³/mol. The van der Waals surface area contributed by atoms with Crippen molar-refractivity contribution in [1.29, 1.82) is 0 Å². The summed E-state index contributed by atoms with van der Waals surface area (Å²) in [4.78, 5) is -0.529. The highest BCUT2D eigenvalue weighted by atomic mass is 32.2. The molecular formula is C55H86O42S. The molecule has 98 heavy (non-hydrogen) atoms. The van der Waals surface area contributed by atoms with Gasteiger partial charge in [0.1, 0.15) is 189 Å². The molecule has 1 aromatic carbocycles. The molecule has 21 saturated heterocycles. The van der Waals surface area contributed by atoms with Crippen LogP contribution in [0.3, 0.4) is 0 Å². The normalized spacial score (nSPS) is 51.1. The third-order valence-corrected chi connectivity index (χ3v) is 19.7. The summed E-state index contributed by atoms with van der Waals surface area (Å²) in [5, 5.41) is 258. The van der Waals surface area contributed by atoms with Gasteiger partial charge in [-0.3, -0.25) is 4.18 Å². The Morgan fingerprint density at radius 1 is 0.265 bits per heavy atom. The molecule has 0 spiro atoms. The van der Waals surface area contributed by atoms with E-state index in [1.807, 2.05) is 0 Å². The summed E-state index contributed by atoms with van der Waals surface area (Å²) >= 11 is 0. The average molecular weight is 1450 g/mol. The molecule has 0 saturated carbocycles. The van der Waals surface area contributed by atoms with E-state index in [1.165, 1.54) is 12.1 Å². The summed E-state index contributed by atoms with van der Waals surface area (Å²) in [5.41, 5.74) is 0.580. The maximum Gasteiger partial charge on any atom is 0.297 e. The van der Waals surface area contributed by atoms with Crippen molar-refractivity contribution >= 4 is 10.1 Å². The number of benzene rings is 1. The highest BCUT2D eigenvalue weighted by Gasteiger charge is 2.61. The first-order chi connectivity index (χ1) is 46.6. The molecule has 0 amide bonds. The maximum atomic E-state index is 14.0. The molecule has 40 atom stereocenters. The highest BCUT2D eigenvalue weighted by Crippen LogP contribution is 2.41. The zero-order valence-electron chi connectivity index (χ0n) is 51.5. The molecule has 42 nitrogen and oxygen atoms in total. The van der Waals surface area contributed by atoms with Crippen molar-refractivity contribution in [2.24, 2.45) is 0 Å². The van der Waals surface area contributed by atoms with Crippen molar-refractivity contribution in [1.82, 2.24) is 0 Å². The Labute approximate surface area is 554 Å². The topological polar surface area (TPSA) is 656 Å². The van der Waals surface area contributed by atoms with E-state index in [-0.39, 0.29) is 0 Å². The van der Waals surface area contributed by atoms with Gasteiger partial charge in [0.2, 0.25) is 0 Å². The van der Waals surface area contributed by atoms with Crippen LogP contribution in [0, 0.1) is 6.92 Å². The minimum Gasteiger partial charge on any atom is -0.394 e. The number of aryl methyl sites for hydroxylation is 1. The van der Waals surface area contributed by atoms with Crippen molar-refractivity contribution in [2.75, 3.05) is 52.9 Å². The molecule has 21 aliphatic rings. The second-order valence-corrected chi connectivity index (χ2v) is 26.4. The van der Waals surface area contributed by atoms with Crippen LogP contribution in [-0.4, -0.2) is 424 Å². The maximum absolute atomic E-state index is 14.0. The Morgan fingerprint density at radius 2 is 0.439 bits per heavy atom. The number of rotatable bonds is 11. The fourth-order valence-corrected chi connectivity index (χ4v) is 14.0. The van der Waals surface area contributed by atoms with Gasteiger partial charge in [0.05, 0.1) is 57.8 Å². The lowest BCUT2D eigenvalue weighted by Gasteiger charge is -2.50. The lowest BCUT2D eigenvalue weighted by molar-refractivity contribution is -0.403. The Balaban J connectivity index is 0.950. The number of aliphatic hydroxyl groups excluding tert-OH is 23. The average Bonchev–Trinajstić information content (AvgIpc) is 0.774. The first-order valence-electron chi connectivity index (χ1n) is 31.1. The van der Waals surface area contributed by atoms with Crippen molar-refractivity contribution in [2.45, 2.75) is 257 Å². The number of hydrogen-bond donors (Lipinski definition) is 23. The Kier molecular flexibility index (Phi) is 26.3. The van der Waals surface area contributed by atoms with Crippen LogP contribution in [0.4, 0.5) is 0 Å². The molecule has 2 unspecified atom stereocenters. The van der Waals surface area contributed by atoms with Gasteiger partial charge in [-0.1, -0.05) is 17.7 Å². The first-order valence-corrected chi connectivity index (χ1v) is 32.5. The molecule has 21 fully saturated rings. The van der Waals surface area contributed by atoms with E-state index in [4.69, 9.17) is 80.0 Å². The molecule has 1 aromatic rings. The Hall–Kier alpha value is -2.43. The minimum absolute atomic E-state index is 0.529. The largest absolute Gasteiger partial charge is 0.394 e. The summed E-state index contributed by atoms with van der Waals surface area (Å²) in [6, 6.07) is 4.96. The molecule has 21 aliphatic heterocycles. The Bertz CT molecular complexity index is 2760. The second-order valence-electron chi connectivity index (χ2n) is 24.8. The fraction of sp³-hybridized carbons (Fsp3) is 0.891. The highest BCUT2D eigenvalue weighted by molar-refractivity contribution is 7.86. The Morgan fingerprint density at radius 3 is 0.633 bits per heavy atom. The van der Waals surface area contributed by atoms with Gasteiger partial charge >= 0.3 is 0 Å². The SMILES string of the molecule is Cc1ccc(S(=O)(=O)OC2[C@H]3O[C@@H]4C(CO)O[C@H](O[C@H]5[C@H](O)[C@@H](O)[C@@H](O[C@H]6[C@H](O)[C@@H](O)[C@@H](O[C@H]7[C@H](O)[C@@H](O)[C@@H](O[C@H]8[C@H](O)[C@@H](O)[C@@H](O[C@H]9[C@H](O)[C@@H](O)[C@@H](O[C@H]%10[C@H](O)[C@@H](O)[C@@H](O[C@@H]([C@@H]2O)[C@@H](CO)O3)O[C@@H]%10CO)O[C@@H]9CO)O[C@@H]8CO)O[C@@H]7CO)O[C@@H]6CO)O[C@@H]5CO)[C@H](O)[C@H]4O)cc1. The van der Waals surface area contributed by atoms with Crippen LogP contribution in [-0.2, 0) is 90.1 Å².